The Balaban J connectivity index is 1.22. The summed E-state index contributed by atoms with van der Waals surface area (Å²) in [7, 11) is 0. The average Bonchev–Trinajstić information content (AvgIpc) is 3.36. The number of rotatable bonds is 3. The van der Waals surface area contributed by atoms with Crippen molar-refractivity contribution in [2.24, 2.45) is 35.5 Å². The van der Waals surface area contributed by atoms with Gasteiger partial charge in [0.2, 0.25) is 0 Å². The zero-order chi connectivity index (χ0) is 19.1. The maximum atomic E-state index is 11.0. The molecular weight excluding hydrogens is 348 g/mol. The molecule has 9 atom stereocenters. The van der Waals surface area contributed by atoms with E-state index in [1.807, 2.05) is 0 Å². The predicted molar refractivity (Wildman–Crippen MR) is 111 cm³/mol. The van der Waals surface area contributed by atoms with Crippen molar-refractivity contribution in [1.29, 1.82) is 0 Å². The Bertz CT molecular complexity index is 516. The third-order valence-corrected chi connectivity index (χ3v) is 9.50. The largest absolute Gasteiger partial charge is 0.390 e. The van der Waals surface area contributed by atoms with Crippen LogP contribution >= 0.6 is 0 Å². The van der Waals surface area contributed by atoms with Crippen LogP contribution in [0.1, 0.15) is 96.3 Å². The predicted octanol–water partition coefficient (Wildman–Crippen LogP) is 5.08. The zero-order valence-electron chi connectivity index (χ0n) is 17.7. The van der Waals surface area contributed by atoms with E-state index >= 15 is 0 Å². The first-order chi connectivity index (χ1) is 13.7. The monoisotopic (exact) mass is 390 g/mol. The van der Waals surface area contributed by atoms with Gasteiger partial charge in [-0.2, -0.15) is 0 Å². The highest BCUT2D eigenvalue weighted by Gasteiger charge is 2.60. The first-order valence-electron chi connectivity index (χ1n) is 12.7. The maximum absolute atomic E-state index is 11.0. The van der Waals surface area contributed by atoms with Gasteiger partial charge in [-0.25, -0.2) is 0 Å². The summed E-state index contributed by atoms with van der Waals surface area (Å²) in [6.07, 6.45) is 19.0. The van der Waals surface area contributed by atoms with Gasteiger partial charge < -0.3 is 14.9 Å². The van der Waals surface area contributed by atoms with Crippen molar-refractivity contribution >= 4 is 0 Å². The smallest absolute Gasteiger partial charge is 0.107 e. The minimum atomic E-state index is -0.662. The van der Waals surface area contributed by atoms with Gasteiger partial charge in [0.05, 0.1) is 18.3 Å². The molecule has 3 heteroatoms. The molecule has 1 heterocycles. The second-order valence-electron chi connectivity index (χ2n) is 11.1. The summed E-state index contributed by atoms with van der Waals surface area (Å²) >= 11 is 0. The molecule has 1 saturated heterocycles. The molecule has 0 aromatic rings. The molecule has 0 aromatic carbocycles. The van der Waals surface area contributed by atoms with Crippen LogP contribution in [0.25, 0.3) is 0 Å². The van der Waals surface area contributed by atoms with Gasteiger partial charge in [0.1, 0.15) is 6.10 Å². The molecule has 3 nitrogen and oxygen atoms in total. The molecule has 0 spiro atoms. The maximum Gasteiger partial charge on any atom is 0.107 e. The van der Waals surface area contributed by atoms with Gasteiger partial charge in [-0.1, -0.05) is 64.2 Å². The first-order valence-corrected chi connectivity index (χ1v) is 12.7. The standard InChI is InChI=1S/C25H42O3/c26-22-21-19-10-4-2-1-3-5-11-20(19)25(21)28-24(23(22)27)18-13-12-17(15-18)14-16-8-6-7-9-16/h16-27H,1-15H2/t17?,18?,19?,20?,21?,22-,23-,24?,25-/m1/s1. The quantitative estimate of drug-likeness (QED) is 0.706. The van der Waals surface area contributed by atoms with Crippen LogP contribution in [0.4, 0.5) is 0 Å². The Morgan fingerprint density at radius 3 is 2.07 bits per heavy atom. The number of hydrogen-bond donors (Lipinski definition) is 2. The lowest BCUT2D eigenvalue weighted by Gasteiger charge is -2.60. The summed E-state index contributed by atoms with van der Waals surface area (Å²) < 4.78 is 6.67. The van der Waals surface area contributed by atoms with E-state index in [2.05, 4.69) is 0 Å². The van der Waals surface area contributed by atoms with Gasteiger partial charge in [-0.05, 0) is 61.7 Å². The summed E-state index contributed by atoms with van der Waals surface area (Å²) in [5.74, 6) is 3.69. The Kier molecular flexibility index (Phi) is 6.05. The van der Waals surface area contributed by atoms with Crippen molar-refractivity contribution < 1.29 is 14.9 Å². The molecule has 160 valence electrons. The van der Waals surface area contributed by atoms with E-state index in [0.717, 1.165) is 11.8 Å². The number of aliphatic hydroxyl groups excluding tert-OH is 2. The van der Waals surface area contributed by atoms with Gasteiger partial charge in [-0.3, -0.25) is 0 Å². The molecule has 6 unspecified atom stereocenters. The molecular formula is C25H42O3. The minimum absolute atomic E-state index is 0.113. The Morgan fingerprint density at radius 1 is 0.607 bits per heavy atom. The van der Waals surface area contributed by atoms with Gasteiger partial charge in [-0.15, -0.1) is 0 Å². The van der Waals surface area contributed by atoms with E-state index in [9.17, 15) is 10.2 Å². The van der Waals surface area contributed by atoms with Crippen LogP contribution < -0.4 is 0 Å². The summed E-state index contributed by atoms with van der Waals surface area (Å²) in [5.41, 5.74) is 0. The lowest BCUT2D eigenvalue weighted by atomic mass is 9.55. The topological polar surface area (TPSA) is 49.7 Å². The van der Waals surface area contributed by atoms with Crippen molar-refractivity contribution in [3.63, 3.8) is 0 Å². The molecule has 5 rings (SSSR count). The third kappa shape index (κ3) is 3.69. The molecule has 2 N–H and O–H groups in total. The van der Waals surface area contributed by atoms with Crippen LogP contribution in [0.15, 0.2) is 0 Å². The average molecular weight is 391 g/mol. The summed E-state index contributed by atoms with van der Waals surface area (Å²) in [4.78, 5) is 0. The van der Waals surface area contributed by atoms with E-state index in [0.29, 0.717) is 17.8 Å². The fourth-order valence-corrected chi connectivity index (χ4v) is 8.04. The summed E-state index contributed by atoms with van der Waals surface area (Å²) in [5, 5.41) is 22.0. The highest BCUT2D eigenvalue weighted by molar-refractivity contribution is 5.08. The number of ether oxygens (including phenoxy) is 1. The Morgan fingerprint density at radius 2 is 1.29 bits per heavy atom. The Hall–Kier alpha value is -0.120. The molecule has 0 radical (unpaired) electrons. The molecule has 28 heavy (non-hydrogen) atoms. The summed E-state index contributed by atoms with van der Waals surface area (Å²) in [6.45, 7) is 0. The minimum Gasteiger partial charge on any atom is -0.390 e. The second kappa shape index (κ2) is 8.55. The van der Waals surface area contributed by atoms with E-state index in [1.54, 1.807) is 0 Å². The number of aliphatic hydroxyl groups is 2. The molecule has 1 aliphatic heterocycles. The first kappa shape index (κ1) is 19.8. The number of fused-ring (bicyclic) bond motifs is 4. The van der Waals surface area contributed by atoms with Crippen molar-refractivity contribution in [1.82, 2.24) is 0 Å². The fraction of sp³-hybridized carbons (Fsp3) is 1.00. The van der Waals surface area contributed by atoms with Gasteiger partial charge in [0, 0.05) is 5.92 Å². The number of hydrogen-bond acceptors (Lipinski definition) is 3. The van der Waals surface area contributed by atoms with Crippen molar-refractivity contribution in [2.75, 3.05) is 0 Å². The SMILES string of the molecule is O[C@@H]1C2C3CCCCCCCC3[C@H]2OC(C2CCC(CC3CCCC3)C2)[C@@H]1O. The van der Waals surface area contributed by atoms with Gasteiger partial charge >= 0.3 is 0 Å². The van der Waals surface area contributed by atoms with Crippen LogP contribution in [0.5, 0.6) is 0 Å². The molecule has 5 fully saturated rings. The van der Waals surface area contributed by atoms with E-state index < -0.39 is 12.2 Å². The zero-order valence-corrected chi connectivity index (χ0v) is 17.7. The fourth-order valence-electron chi connectivity index (χ4n) is 8.04. The highest BCUT2D eigenvalue weighted by Crippen LogP contribution is 2.55. The van der Waals surface area contributed by atoms with Gasteiger partial charge in [0.15, 0.2) is 0 Å². The third-order valence-electron chi connectivity index (χ3n) is 9.50. The molecule has 5 aliphatic rings. The molecule has 4 saturated carbocycles. The van der Waals surface area contributed by atoms with Crippen LogP contribution in [-0.2, 0) is 4.74 Å². The molecule has 4 aliphatic carbocycles. The lowest BCUT2D eigenvalue weighted by Crippen LogP contribution is -2.67. The Labute approximate surface area is 171 Å². The van der Waals surface area contributed by atoms with Crippen molar-refractivity contribution in [3.8, 4) is 0 Å². The van der Waals surface area contributed by atoms with Crippen LogP contribution in [0.2, 0.25) is 0 Å². The van der Waals surface area contributed by atoms with Crippen molar-refractivity contribution in [2.45, 2.75) is 121 Å². The molecule has 0 bridgehead atoms. The van der Waals surface area contributed by atoms with Crippen LogP contribution in [0.3, 0.4) is 0 Å². The van der Waals surface area contributed by atoms with E-state index in [-0.39, 0.29) is 18.1 Å². The van der Waals surface area contributed by atoms with E-state index in [1.165, 1.54) is 96.3 Å². The van der Waals surface area contributed by atoms with Crippen LogP contribution in [-0.4, -0.2) is 34.6 Å². The normalized spacial score (nSPS) is 50.1. The van der Waals surface area contributed by atoms with E-state index in [4.69, 9.17) is 4.74 Å². The van der Waals surface area contributed by atoms with Crippen LogP contribution in [0, 0.1) is 35.5 Å². The second-order valence-corrected chi connectivity index (χ2v) is 11.1. The molecule has 0 amide bonds. The lowest BCUT2D eigenvalue weighted by molar-refractivity contribution is -0.289. The summed E-state index contributed by atoms with van der Waals surface area (Å²) in [6, 6.07) is 0. The highest BCUT2D eigenvalue weighted by atomic mass is 16.5. The van der Waals surface area contributed by atoms with Crippen molar-refractivity contribution in [3.05, 3.63) is 0 Å². The molecule has 0 aromatic heterocycles. The van der Waals surface area contributed by atoms with Gasteiger partial charge in [0.25, 0.3) is 0 Å².